The van der Waals surface area contributed by atoms with E-state index < -0.39 is 17.9 Å². The minimum Gasteiger partial charge on any atom is -0.308 e. The maximum atomic E-state index is 13.4. The molecule has 1 aliphatic heterocycles. The van der Waals surface area contributed by atoms with Crippen LogP contribution in [-0.2, 0) is 6.18 Å². The van der Waals surface area contributed by atoms with Gasteiger partial charge >= 0.3 is 6.18 Å². The first-order chi connectivity index (χ1) is 15.8. The van der Waals surface area contributed by atoms with Crippen LogP contribution in [-0.4, -0.2) is 31.6 Å². The maximum absolute atomic E-state index is 13.4. The second-order valence-corrected chi connectivity index (χ2v) is 7.71. The van der Waals surface area contributed by atoms with E-state index in [0.717, 1.165) is 29.0 Å². The van der Waals surface area contributed by atoms with Gasteiger partial charge in [0, 0.05) is 23.0 Å². The van der Waals surface area contributed by atoms with Crippen molar-refractivity contribution in [3.8, 4) is 11.1 Å². The zero-order valence-corrected chi connectivity index (χ0v) is 17.5. The van der Waals surface area contributed by atoms with E-state index in [1.807, 2.05) is 41.8 Å². The number of carbonyl (C=O) groups is 1. The van der Waals surface area contributed by atoms with Crippen molar-refractivity contribution in [2.45, 2.75) is 19.3 Å². The molecule has 3 aromatic heterocycles. The van der Waals surface area contributed by atoms with Crippen LogP contribution in [0.15, 0.2) is 61.1 Å². The van der Waals surface area contributed by atoms with Gasteiger partial charge in [0.05, 0.1) is 30.2 Å². The van der Waals surface area contributed by atoms with Gasteiger partial charge in [0.25, 0.3) is 5.91 Å². The van der Waals surface area contributed by atoms with Gasteiger partial charge in [-0.2, -0.15) is 18.3 Å². The van der Waals surface area contributed by atoms with Gasteiger partial charge in [0.2, 0.25) is 0 Å². The number of hydrogen-bond acceptors (Lipinski definition) is 4. The zero-order chi connectivity index (χ0) is 23.3. The van der Waals surface area contributed by atoms with Crippen LogP contribution in [0.2, 0.25) is 0 Å². The Morgan fingerprint density at radius 3 is 2.58 bits per heavy atom. The standard InChI is InChI=1S/C23H19F3N6O/c1-2-3-17-10-28-20-9-4-14(12-30(17)20)18-11-29-32-19(27)13-31(22(33)21(18)32)16-7-5-15(6-8-16)23(24,25)26/h2-12,19H,13,27H2,1H3/b3-2-/t19-/m1/s1. The van der Waals surface area contributed by atoms with Gasteiger partial charge in [0.1, 0.15) is 17.5 Å². The molecule has 1 amide bonds. The normalized spacial score (nSPS) is 16.7. The lowest BCUT2D eigenvalue weighted by molar-refractivity contribution is -0.137. The van der Waals surface area contributed by atoms with Gasteiger partial charge in [0.15, 0.2) is 0 Å². The molecule has 2 N–H and O–H groups in total. The number of amides is 1. The fraction of sp³-hybridized carbons (Fsp3) is 0.174. The highest BCUT2D eigenvalue weighted by Gasteiger charge is 2.35. The summed E-state index contributed by atoms with van der Waals surface area (Å²) in [4.78, 5) is 19.2. The molecule has 10 heteroatoms. The number of carbonyl (C=O) groups excluding carboxylic acids is 1. The molecule has 0 bridgehead atoms. The molecule has 33 heavy (non-hydrogen) atoms. The quantitative estimate of drug-likeness (QED) is 0.501. The van der Waals surface area contributed by atoms with E-state index in [1.54, 1.807) is 12.4 Å². The molecule has 1 aliphatic rings. The lowest BCUT2D eigenvalue weighted by Crippen LogP contribution is -2.46. The molecule has 4 heterocycles. The summed E-state index contributed by atoms with van der Waals surface area (Å²) in [6.45, 7) is 2.00. The summed E-state index contributed by atoms with van der Waals surface area (Å²) in [5.74, 6) is -0.386. The molecule has 168 valence electrons. The van der Waals surface area contributed by atoms with Crippen molar-refractivity contribution in [1.82, 2.24) is 19.2 Å². The van der Waals surface area contributed by atoms with Crippen molar-refractivity contribution in [3.63, 3.8) is 0 Å². The van der Waals surface area contributed by atoms with Gasteiger partial charge in [-0.3, -0.25) is 9.20 Å². The summed E-state index contributed by atoms with van der Waals surface area (Å²) in [6, 6.07) is 8.15. The van der Waals surface area contributed by atoms with E-state index in [1.165, 1.54) is 21.7 Å². The smallest absolute Gasteiger partial charge is 0.308 e. The first-order valence-corrected chi connectivity index (χ1v) is 10.2. The molecular weight excluding hydrogens is 433 g/mol. The molecule has 0 saturated carbocycles. The summed E-state index contributed by atoms with van der Waals surface area (Å²) in [5.41, 5.74) is 9.05. The van der Waals surface area contributed by atoms with Gasteiger partial charge in [-0.25, -0.2) is 9.67 Å². The van der Waals surface area contributed by atoms with Crippen molar-refractivity contribution < 1.29 is 18.0 Å². The Hall–Kier alpha value is -3.92. The molecule has 1 aromatic carbocycles. The highest BCUT2D eigenvalue weighted by Crippen LogP contribution is 2.34. The summed E-state index contributed by atoms with van der Waals surface area (Å²) in [7, 11) is 0. The van der Waals surface area contributed by atoms with Crippen molar-refractivity contribution in [3.05, 3.63) is 78.0 Å². The summed E-state index contributed by atoms with van der Waals surface area (Å²) >= 11 is 0. The molecule has 1 atom stereocenters. The summed E-state index contributed by atoms with van der Waals surface area (Å²) < 4.78 is 42.2. The van der Waals surface area contributed by atoms with Gasteiger partial charge in [-0.15, -0.1) is 0 Å². The molecule has 0 aliphatic carbocycles. The Kier molecular flexibility index (Phi) is 4.82. The number of hydrogen-bond donors (Lipinski definition) is 1. The summed E-state index contributed by atoms with van der Waals surface area (Å²) in [6.07, 6.45) is 3.92. The van der Waals surface area contributed by atoms with Crippen LogP contribution in [0.3, 0.4) is 0 Å². The average Bonchev–Trinajstić information content (AvgIpc) is 3.41. The Morgan fingerprint density at radius 2 is 1.88 bits per heavy atom. The van der Waals surface area contributed by atoms with Gasteiger partial charge < -0.3 is 10.6 Å². The molecule has 0 saturated heterocycles. The molecule has 0 radical (unpaired) electrons. The lowest BCUT2D eigenvalue weighted by atomic mass is 10.1. The molecule has 0 spiro atoms. The number of fused-ring (bicyclic) bond motifs is 2. The molecule has 5 rings (SSSR count). The second kappa shape index (κ2) is 7.59. The largest absolute Gasteiger partial charge is 0.416 e. The third kappa shape index (κ3) is 3.48. The van der Waals surface area contributed by atoms with Crippen molar-refractivity contribution in [2.75, 3.05) is 11.4 Å². The first-order valence-electron chi connectivity index (χ1n) is 10.2. The van der Waals surface area contributed by atoms with Gasteiger partial charge in [-0.1, -0.05) is 6.08 Å². The third-order valence-electron chi connectivity index (χ3n) is 5.62. The third-order valence-corrected chi connectivity index (χ3v) is 5.62. The van der Waals surface area contributed by atoms with Crippen LogP contribution in [0.4, 0.5) is 18.9 Å². The molecular formula is C23H19F3N6O. The number of nitrogens with two attached hydrogens (primary N) is 1. The summed E-state index contributed by atoms with van der Waals surface area (Å²) in [5, 5.41) is 4.32. The Bertz CT molecular complexity index is 1380. The SMILES string of the molecule is C/C=C\c1cnc2ccc(-c3cnn4c3C(=O)N(c3ccc(C(F)(F)F)cc3)C[C@@H]4N)cn12. The maximum Gasteiger partial charge on any atom is 0.416 e. The fourth-order valence-corrected chi connectivity index (χ4v) is 4.02. The van der Waals surface area contributed by atoms with E-state index in [4.69, 9.17) is 5.73 Å². The number of imidazole rings is 1. The van der Waals surface area contributed by atoms with Crippen LogP contribution in [0.5, 0.6) is 0 Å². The van der Waals surface area contributed by atoms with Crippen molar-refractivity contribution in [1.29, 1.82) is 0 Å². The zero-order valence-electron chi connectivity index (χ0n) is 17.5. The Labute approximate surface area is 186 Å². The number of nitrogens with zero attached hydrogens (tertiary/aromatic N) is 5. The number of aromatic nitrogens is 4. The Balaban J connectivity index is 1.56. The number of anilines is 1. The number of benzene rings is 1. The number of alkyl halides is 3. The van der Waals surface area contributed by atoms with Crippen molar-refractivity contribution in [2.24, 2.45) is 5.73 Å². The van der Waals surface area contributed by atoms with Crippen LogP contribution in [0, 0.1) is 0 Å². The number of rotatable bonds is 3. The van der Waals surface area contributed by atoms with Gasteiger partial charge in [-0.05, 0) is 49.4 Å². The van der Waals surface area contributed by atoms with E-state index in [2.05, 4.69) is 10.1 Å². The predicted octanol–water partition coefficient (Wildman–Crippen LogP) is 4.37. The minimum atomic E-state index is -4.45. The van der Waals surface area contributed by atoms with E-state index >= 15 is 0 Å². The molecule has 0 fully saturated rings. The molecule has 4 aromatic rings. The molecule has 0 unspecified atom stereocenters. The molecule has 7 nitrogen and oxygen atoms in total. The second-order valence-electron chi connectivity index (χ2n) is 7.71. The lowest BCUT2D eigenvalue weighted by Gasteiger charge is -2.32. The highest BCUT2D eigenvalue weighted by atomic mass is 19.4. The number of pyridine rings is 1. The van der Waals surface area contributed by atoms with Crippen LogP contribution in [0.1, 0.15) is 34.8 Å². The van der Waals surface area contributed by atoms with E-state index in [9.17, 15) is 18.0 Å². The average molecular weight is 452 g/mol. The Morgan fingerprint density at radius 1 is 1.12 bits per heavy atom. The van der Waals surface area contributed by atoms with Crippen molar-refractivity contribution >= 4 is 23.3 Å². The fourth-order valence-electron chi connectivity index (χ4n) is 4.02. The first kappa shape index (κ1) is 21.0. The number of halogens is 3. The van der Waals surface area contributed by atoms with Crippen LogP contribution < -0.4 is 10.6 Å². The van der Waals surface area contributed by atoms with Crippen LogP contribution >= 0.6 is 0 Å². The monoisotopic (exact) mass is 452 g/mol. The topological polar surface area (TPSA) is 81.5 Å². The minimum absolute atomic E-state index is 0.0876. The predicted molar refractivity (Wildman–Crippen MR) is 117 cm³/mol. The number of allylic oxidation sites excluding steroid dienone is 1. The van der Waals surface area contributed by atoms with E-state index in [-0.39, 0.29) is 18.1 Å². The van der Waals surface area contributed by atoms with E-state index in [0.29, 0.717) is 11.3 Å². The highest BCUT2D eigenvalue weighted by molar-refractivity contribution is 6.09. The van der Waals surface area contributed by atoms with Crippen LogP contribution in [0.25, 0.3) is 22.9 Å².